The summed E-state index contributed by atoms with van der Waals surface area (Å²) in [6, 6.07) is 17.0. The summed E-state index contributed by atoms with van der Waals surface area (Å²) in [6.45, 7) is 7.09. The van der Waals surface area contributed by atoms with E-state index in [9.17, 15) is 0 Å². The highest BCUT2D eigenvalue weighted by molar-refractivity contribution is 5.80. The predicted octanol–water partition coefficient (Wildman–Crippen LogP) is 5.62. The minimum absolute atomic E-state index is 0.0962. The molecule has 1 heterocycles. The molecule has 4 nitrogen and oxygen atoms in total. The second-order valence-corrected chi connectivity index (χ2v) is 7.56. The lowest BCUT2D eigenvalue weighted by atomic mass is 10.0. The molecule has 0 amide bonds. The maximum atomic E-state index is 5.94. The maximum Gasteiger partial charge on any atom is 0.120 e. The molecule has 0 spiro atoms. The first-order chi connectivity index (χ1) is 13.0. The number of benzene rings is 2. The molecule has 0 fully saturated rings. The summed E-state index contributed by atoms with van der Waals surface area (Å²) in [5, 5.41) is 5.78. The van der Waals surface area contributed by atoms with Crippen molar-refractivity contribution in [1.29, 1.82) is 0 Å². The highest BCUT2D eigenvalue weighted by atomic mass is 16.5. The second-order valence-electron chi connectivity index (χ2n) is 7.56. The van der Waals surface area contributed by atoms with Gasteiger partial charge >= 0.3 is 0 Å². The topological polar surface area (TPSA) is 36.3 Å². The molecule has 0 N–H and O–H groups in total. The van der Waals surface area contributed by atoms with Crippen molar-refractivity contribution in [2.24, 2.45) is 0 Å². The molecule has 4 heteroatoms. The summed E-state index contributed by atoms with van der Waals surface area (Å²) in [5.41, 5.74) is 2.32. The highest BCUT2D eigenvalue weighted by Gasteiger charge is 2.16. The fourth-order valence-corrected chi connectivity index (χ4v) is 3.38. The van der Waals surface area contributed by atoms with E-state index in [1.54, 1.807) is 7.11 Å². The lowest BCUT2D eigenvalue weighted by molar-refractivity contribution is 0.0112. The van der Waals surface area contributed by atoms with Gasteiger partial charge in [-0.3, -0.25) is 4.68 Å². The van der Waals surface area contributed by atoms with Crippen molar-refractivity contribution < 1.29 is 9.47 Å². The molecule has 0 aliphatic carbocycles. The Morgan fingerprint density at radius 2 is 1.89 bits per heavy atom. The lowest BCUT2D eigenvalue weighted by Crippen LogP contribution is -2.22. The van der Waals surface area contributed by atoms with E-state index in [1.807, 2.05) is 12.3 Å². The number of hydrogen-bond acceptors (Lipinski definition) is 3. The standard InChI is InChI=1S/C23H30N2O2/c1-5-21(18-10-7-6-8-11-18)25-22-13-12-20(16-19(22)17-24-25)27-15-9-14-23(2,3)26-4/h6-8,10-13,16-17,21H,5,9,14-15H2,1-4H3. The van der Waals surface area contributed by atoms with Crippen molar-refractivity contribution in [1.82, 2.24) is 9.78 Å². The molecule has 1 aromatic heterocycles. The molecule has 3 rings (SSSR count). The van der Waals surface area contributed by atoms with E-state index in [0.29, 0.717) is 6.61 Å². The van der Waals surface area contributed by atoms with Crippen LogP contribution in [0.15, 0.2) is 54.7 Å². The van der Waals surface area contributed by atoms with Gasteiger partial charge in [0.05, 0.1) is 30.0 Å². The number of rotatable bonds is 9. The van der Waals surface area contributed by atoms with Gasteiger partial charge in [-0.25, -0.2) is 0 Å². The van der Waals surface area contributed by atoms with E-state index < -0.39 is 0 Å². The SMILES string of the molecule is CCC(c1ccccc1)n1ncc2cc(OCCCC(C)(C)OC)ccc21. The molecule has 144 valence electrons. The Morgan fingerprint density at radius 3 is 2.59 bits per heavy atom. The third-order valence-corrected chi connectivity index (χ3v) is 5.18. The van der Waals surface area contributed by atoms with Crippen LogP contribution in [0.1, 0.15) is 51.6 Å². The van der Waals surface area contributed by atoms with E-state index in [-0.39, 0.29) is 11.6 Å². The van der Waals surface area contributed by atoms with Gasteiger partial charge in [-0.05, 0) is 56.9 Å². The number of hydrogen-bond donors (Lipinski definition) is 0. The van der Waals surface area contributed by atoms with Crippen LogP contribution < -0.4 is 4.74 Å². The van der Waals surface area contributed by atoms with E-state index in [4.69, 9.17) is 9.47 Å². The van der Waals surface area contributed by atoms with E-state index in [1.165, 1.54) is 5.56 Å². The largest absolute Gasteiger partial charge is 0.494 e. The average molecular weight is 367 g/mol. The molecule has 2 aromatic carbocycles. The first-order valence-corrected chi connectivity index (χ1v) is 9.74. The zero-order valence-corrected chi connectivity index (χ0v) is 16.8. The first-order valence-electron chi connectivity index (χ1n) is 9.74. The molecule has 3 aromatic rings. The van der Waals surface area contributed by atoms with Gasteiger partial charge in [0.1, 0.15) is 5.75 Å². The summed E-state index contributed by atoms with van der Waals surface area (Å²) in [5.74, 6) is 0.894. The zero-order valence-electron chi connectivity index (χ0n) is 16.8. The van der Waals surface area contributed by atoms with Gasteiger partial charge in [-0.1, -0.05) is 37.3 Å². The fraction of sp³-hybridized carbons (Fsp3) is 0.435. The first kappa shape index (κ1) is 19.4. The van der Waals surface area contributed by atoms with E-state index in [2.05, 4.69) is 73.0 Å². The Labute approximate surface area is 162 Å². The minimum Gasteiger partial charge on any atom is -0.494 e. The van der Waals surface area contributed by atoms with Gasteiger partial charge in [-0.15, -0.1) is 0 Å². The Morgan fingerprint density at radius 1 is 1.11 bits per heavy atom. The van der Waals surface area contributed by atoms with Crippen LogP contribution in [-0.2, 0) is 4.74 Å². The Kier molecular flexibility index (Phi) is 6.17. The maximum absolute atomic E-state index is 5.94. The Balaban J connectivity index is 1.71. The molecular formula is C23H30N2O2. The van der Waals surface area contributed by atoms with Crippen LogP contribution in [0.4, 0.5) is 0 Å². The number of fused-ring (bicyclic) bond motifs is 1. The summed E-state index contributed by atoms with van der Waals surface area (Å²) in [7, 11) is 1.76. The second kappa shape index (κ2) is 8.57. The summed E-state index contributed by atoms with van der Waals surface area (Å²) < 4.78 is 13.5. The zero-order chi connectivity index (χ0) is 19.3. The highest BCUT2D eigenvalue weighted by Crippen LogP contribution is 2.28. The number of methoxy groups -OCH3 is 1. The van der Waals surface area contributed by atoms with Crippen molar-refractivity contribution in [3.05, 3.63) is 60.3 Å². The van der Waals surface area contributed by atoms with Gasteiger partial charge in [0.2, 0.25) is 0 Å². The quantitative estimate of drug-likeness (QED) is 0.461. The molecule has 0 saturated carbocycles. The molecule has 27 heavy (non-hydrogen) atoms. The molecule has 0 saturated heterocycles. The molecular weight excluding hydrogens is 336 g/mol. The van der Waals surface area contributed by atoms with Gasteiger partial charge in [-0.2, -0.15) is 5.10 Å². The minimum atomic E-state index is -0.0962. The smallest absolute Gasteiger partial charge is 0.120 e. The van der Waals surface area contributed by atoms with Crippen LogP contribution in [0.5, 0.6) is 5.75 Å². The monoisotopic (exact) mass is 366 g/mol. The molecule has 0 aliphatic heterocycles. The predicted molar refractivity (Wildman–Crippen MR) is 110 cm³/mol. The van der Waals surface area contributed by atoms with Crippen LogP contribution in [0.3, 0.4) is 0 Å². The van der Waals surface area contributed by atoms with Crippen molar-refractivity contribution in [3.8, 4) is 5.75 Å². The number of nitrogens with zero attached hydrogens (tertiary/aromatic N) is 2. The van der Waals surface area contributed by atoms with Crippen LogP contribution in [-0.4, -0.2) is 29.1 Å². The van der Waals surface area contributed by atoms with Crippen LogP contribution in [0.2, 0.25) is 0 Å². The van der Waals surface area contributed by atoms with Crippen LogP contribution >= 0.6 is 0 Å². The number of aromatic nitrogens is 2. The normalized spacial score (nSPS) is 13.0. The average Bonchev–Trinajstić information content (AvgIpc) is 3.10. The Hall–Kier alpha value is -2.33. The lowest BCUT2D eigenvalue weighted by Gasteiger charge is -2.22. The molecule has 0 aliphatic rings. The number of ether oxygens (including phenoxy) is 2. The van der Waals surface area contributed by atoms with Crippen molar-refractivity contribution in [2.45, 2.75) is 51.7 Å². The van der Waals surface area contributed by atoms with Crippen LogP contribution in [0.25, 0.3) is 10.9 Å². The summed E-state index contributed by atoms with van der Waals surface area (Å²) in [4.78, 5) is 0. The fourth-order valence-electron chi connectivity index (χ4n) is 3.38. The van der Waals surface area contributed by atoms with E-state index >= 15 is 0 Å². The molecule has 0 radical (unpaired) electrons. The van der Waals surface area contributed by atoms with Gasteiger partial charge < -0.3 is 9.47 Å². The van der Waals surface area contributed by atoms with Gasteiger partial charge in [0.15, 0.2) is 0 Å². The van der Waals surface area contributed by atoms with E-state index in [0.717, 1.165) is 35.9 Å². The van der Waals surface area contributed by atoms with Gasteiger partial charge in [0, 0.05) is 12.5 Å². The third-order valence-electron chi connectivity index (χ3n) is 5.18. The summed E-state index contributed by atoms with van der Waals surface area (Å²) in [6.07, 6.45) is 4.86. The summed E-state index contributed by atoms with van der Waals surface area (Å²) >= 11 is 0. The molecule has 1 unspecified atom stereocenters. The van der Waals surface area contributed by atoms with Crippen molar-refractivity contribution in [3.63, 3.8) is 0 Å². The third kappa shape index (κ3) is 4.69. The van der Waals surface area contributed by atoms with Crippen molar-refractivity contribution in [2.75, 3.05) is 13.7 Å². The van der Waals surface area contributed by atoms with Crippen LogP contribution in [0, 0.1) is 0 Å². The van der Waals surface area contributed by atoms with Crippen molar-refractivity contribution >= 4 is 10.9 Å². The molecule has 1 atom stereocenters. The van der Waals surface area contributed by atoms with Gasteiger partial charge in [0.25, 0.3) is 0 Å². The Bertz CT molecular complexity index is 855. The molecule has 0 bridgehead atoms.